The maximum atomic E-state index is 8.83. The van der Waals surface area contributed by atoms with Crippen molar-refractivity contribution in [2.45, 2.75) is 13.5 Å². The van der Waals surface area contributed by atoms with Gasteiger partial charge in [0.05, 0.1) is 11.6 Å². The first-order chi connectivity index (χ1) is 8.69. The van der Waals surface area contributed by atoms with Crippen LogP contribution in [0.25, 0.3) is 0 Å². The molecule has 0 bridgehead atoms. The lowest BCUT2D eigenvalue weighted by Crippen LogP contribution is -2.03. The number of benzene rings is 1. The lowest BCUT2D eigenvalue weighted by molar-refractivity contribution is 1.09. The van der Waals surface area contributed by atoms with Crippen molar-refractivity contribution < 1.29 is 0 Å². The Morgan fingerprint density at radius 3 is 2.94 bits per heavy atom. The van der Waals surface area contributed by atoms with E-state index in [4.69, 9.17) is 5.26 Å². The minimum atomic E-state index is 0.658. The average Bonchev–Trinajstić information content (AvgIpc) is 2.38. The van der Waals surface area contributed by atoms with Crippen molar-refractivity contribution in [3.63, 3.8) is 0 Å². The molecule has 0 amide bonds. The summed E-state index contributed by atoms with van der Waals surface area (Å²) in [6, 6.07) is 11.7. The molecule has 4 heteroatoms. The molecular weight excluding hydrogens is 290 g/mol. The highest BCUT2D eigenvalue weighted by molar-refractivity contribution is 9.10. The Morgan fingerprint density at radius 1 is 1.39 bits per heavy atom. The molecule has 18 heavy (non-hydrogen) atoms. The zero-order valence-electron chi connectivity index (χ0n) is 9.94. The van der Waals surface area contributed by atoms with Gasteiger partial charge >= 0.3 is 0 Å². The molecule has 2 rings (SSSR count). The second-order valence-electron chi connectivity index (χ2n) is 3.98. The van der Waals surface area contributed by atoms with Gasteiger partial charge in [-0.05, 0) is 52.2 Å². The molecule has 0 aliphatic rings. The molecule has 1 aromatic carbocycles. The summed E-state index contributed by atoms with van der Waals surface area (Å²) in [5, 5.41) is 12.1. The lowest BCUT2D eigenvalue weighted by atomic mass is 10.1. The van der Waals surface area contributed by atoms with Crippen LogP contribution in [0.15, 0.2) is 41.0 Å². The molecule has 0 spiro atoms. The van der Waals surface area contributed by atoms with Crippen molar-refractivity contribution in [3.8, 4) is 6.07 Å². The zero-order chi connectivity index (χ0) is 13.0. The van der Waals surface area contributed by atoms with Crippen LogP contribution in [0.5, 0.6) is 0 Å². The molecule has 0 fully saturated rings. The standard InChI is InChI=1S/C14H12BrN3/c1-10-5-13(15)9-18-14(10)17-8-12-4-2-3-11(6-12)7-16/h2-6,9H,8H2,1H3,(H,17,18). The van der Waals surface area contributed by atoms with Crippen LogP contribution in [0.2, 0.25) is 0 Å². The number of halogens is 1. The minimum Gasteiger partial charge on any atom is -0.366 e. The highest BCUT2D eigenvalue weighted by Gasteiger charge is 2.01. The molecule has 1 aromatic heterocycles. The maximum Gasteiger partial charge on any atom is 0.129 e. The molecule has 0 aliphatic carbocycles. The van der Waals surface area contributed by atoms with Gasteiger partial charge in [-0.25, -0.2) is 4.98 Å². The van der Waals surface area contributed by atoms with E-state index in [0.717, 1.165) is 21.4 Å². The summed E-state index contributed by atoms with van der Waals surface area (Å²) in [6.45, 7) is 2.66. The van der Waals surface area contributed by atoms with E-state index in [-0.39, 0.29) is 0 Å². The Morgan fingerprint density at radius 2 is 2.22 bits per heavy atom. The second kappa shape index (κ2) is 5.65. The predicted molar refractivity (Wildman–Crippen MR) is 75.2 cm³/mol. The Labute approximate surface area is 115 Å². The topological polar surface area (TPSA) is 48.7 Å². The van der Waals surface area contributed by atoms with Crippen molar-refractivity contribution in [3.05, 3.63) is 57.7 Å². The van der Waals surface area contributed by atoms with E-state index >= 15 is 0 Å². The molecule has 0 saturated carbocycles. The summed E-state index contributed by atoms with van der Waals surface area (Å²) in [4.78, 5) is 4.31. The van der Waals surface area contributed by atoms with Crippen LogP contribution in [-0.2, 0) is 6.54 Å². The van der Waals surface area contributed by atoms with Crippen molar-refractivity contribution in [2.24, 2.45) is 0 Å². The first-order valence-electron chi connectivity index (χ1n) is 5.54. The number of hydrogen-bond acceptors (Lipinski definition) is 3. The van der Waals surface area contributed by atoms with Crippen molar-refractivity contribution >= 4 is 21.7 Å². The molecule has 1 heterocycles. The molecule has 1 N–H and O–H groups in total. The molecule has 0 aliphatic heterocycles. The zero-order valence-corrected chi connectivity index (χ0v) is 11.5. The number of aromatic nitrogens is 1. The van der Waals surface area contributed by atoms with Crippen molar-refractivity contribution in [1.82, 2.24) is 4.98 Å². The van der Waals surface area contributed by atoms with E-state index < -0.39 is 0 Å². The number of nitriles is 1. The molecule has 0 saturated heterocycles. The van der Waals surface area contributed by atoms with Gasteiger partial charge in [0, 0.05) is 17.2 Å². The highest BCUT2D eigenvalue weighted by atomic mass is 79.9. The third-order valence-electron chi connectivity index (χ3n) is 2.56. The molecule has 3 nitrogen and oxygen atoms in total. The summed E-state index contributed by atoms with van der Waals surface area (Å²) < 4.78 is 0.969. The van der Waals surface area contributed by atoms with E-state index in [0.29, 0.717) is 12.1 Å². The van der Waals surface area contributed by atoms with Crippen LogP contribution in [0, 0.1) is 18.3 Å². The quantitative estimate of drug-likeness (QED) is 0.941. The van der Waals surface area contributed by atoms with Gasteiger partial charge in [0.15, 0.2) is 0 Å². The van der Waals surface area contributed by atoms with E-state index in [9.17, 15) is 0 Å². The molecular formula is C14H12BrN3. The monoisotopic (exact) mass is 301 g/mol. The van der Waals surface area contributed by atoms with E-state index in [1.54, 1.807) is 12.3 Å². The highest BCUT2D eigenvalue weighted by Crippen LogP contribution is 2.17. The van der Waals surface area contributed by atoms with Gasteiger partial charge in [-0.2, -0.15) is 5.26 Å². The van der Waals surface area contributed by atoms with Crippen LogP contribution >= 0.6 is 15.9 Å². The normalized spacial score (nSPS) is 9.83. The van der Waals surface area contributed by atoms with Gasteiger partial charge in [-0.3, -0.25) is 0 Å². The molecule has 0 atom stereocenters. The molecule has 0 unspecified atom stereocenters. The Balaban J connectivity index is 2.09. The summed E-state index contributed by atoms with van der Waals surface area (Å²) in [5.74, 6) is 0.862. The molecule has 0 radical (unpaired) electrons. The summed E-state index contributed by atoms with van der Waals surface area (Å²) in [7, 11) is 0. The summed E-state index contributed by atoms with van der Waals surface area (Å²) in [5.41, 5.74) is 2.83. The number of anilines is 1. The van der Waals surface area contributed by atoms with E-state index in [1.165, 1.54) is 0 Å². The summed E-state index contributed by atoms with van der Waals surface area (Å²) in [6.07, 6.45) is 1.76. The average molecular weight is 302 g/mol. The number of pyridine rings is 1. The molecule has 90 valence electrons. The van der Waals surface area contributed by atoms with E-state index in [2.05, 4.69) is 32.3 Å². The van der Waals surface area contributed by atoms with Crippen molar-refractivity contribution in [1.29, 1.82) is 5.26 Å². The fourth-order valence-corrected chi connectivity index (χ4v) is 2.11. The van der Waals surface area contributed by atoms with Crippen LogP contribution in [0.4, 0.5) is 5.82 Å². The van der Waals surface area contributed by atoms with Crippen LogP contribution in [0.1, 0.15) is 16.7 Å². The number of nitrogens with one attached hydrogen (secondary N) is 1. The number of aryl methyl sites for hydroxylation is 1. The number of rotatable bonds is 3. The van der Waals surface area contributed by atoms with Crippen LogP contribution in [-0.4, -0.2) is 4.98 Å². The Bertz CT molecular complexity index is 602. The van der Waals surface area contributed by atoms with Crippen LogP contribution < -0.4 is 5.32 Å². The van der Waals surface area contributed by atoms with E-state index in [1.807, 2.05) is 31.2 Å². The first-order valence-corrected chi connectivity index (χ1v) is 6.33. The largest absolute Gasteiger partial charge is 0.366 e. The van der Waals surface area contributed by atoms with Gasteiger partial charge in [0.2, 0.25) is 0 Å². The fraction of sp³-hybridized carbons (Fsp3) is 0.143. The fourth-order valence-electron chi connectivity index (χ4n) is 1.66. The first kappa shape index (κ1) is 12.6. The smallest absolute Gasteiger partial charge is 0.129 e. The maximum absolute atomic E-state index is 8.83. The van der Waals surface area contributed by atoms with Gasteiger partial charge in [-0.15, -0.1) is 0 Å². The predicted octanol–water partition coefficient (Wildman–Crippen LogP) is 3.64. The lowest BCUT2D eigenvalue weighted by Gasteiger charge is -2.08. The number of nitrogens with zero attached hydrogens (tertiary/aromatic N) is 2. The van der Waals surface area contributed by atoms with Gasteiger partial charge in [0.25, 0.3) is 0 Å². The molecule has 2 aromatic rings. The minimum absolute atomic E-state index is 0.658. The third-order valence-corrected chi connectivity index (χ3v) is 2.99. The van der Waals surface area contributed by atoms with Crippen molar-refractivity contribution in [2.75, 3.05) is 5.32 Å². The Kier molecular flexibility index (Phi) is 3.96. The van der Waals surface area contributed by atoms with Gasteiger partial charge in [-0.1, -0.05) is 12.1 Å². The van der Waals surface area contributed by atoms with Gasteiger partial charge < -0.3 is 5.32 Å². The SMILES string of the molecule is Cc1cc(Br)cnc1NCc1cccc(C#N)c1. The van der Waals surface area contributed by atoms with Crippen LogP contribution in [0.3, 0.4) is 0 Å². The summed E-state index contributed by atoms with van der Waals surface area (Å²) >= 11 is 3.38. The third kappa shape index (κ3) is 3.08. The van der Waals surface area contributed by atoms with Gasteiger partial charge in [0.1, 0.15) is 5.82 Å². The Hall–Kier alpha value is -1.86. The number of hydrogen-bond donors (Lipinski definition) is 1. The second-order valence-corrected chi connectivity index (χ2v) is 4.90.